The van der Waals surface area contributed by atoms with Crippen molar-refractivity contribution in [1.29, 1.82) is 0 Å². The molecule has 0 fully saturated rings. The highest BCUT2D eigenvalue weighted by Crippen LogP contribution is 2.24. The van der Waals surface area contributed by atoms with Crippen molar-refractivity contribution in [1.82, 2.24) is 24.5 Å². The molecule has 0 unspecified atom stereocenters. The van der Waals surface area contributed by atoms with Crippen LogP contribution in [0.25, 0.3) is 16.9 Å². The maximum absolute atomic E-state index is 13.2. The average Bonchev–Trinajstić information content (AvgIpc) is 3.48. The van der Waals surface area contributed by atoms with Gasteiger partial charge in [-0.25, -0.2) is 14.3 Å². The average molecular weight is 435 g/mol. The lowest BCUT2D eigenvalue weighted by Crippen LogP contribution is -2.14. The summed E-state index contributed by atoms with van der Waals surface area (Å²) in [5.74, 6) is -0.0662. The number of carbonyl (C=O) groups excluding carboxylic acids is 1. The van der Waals surface area contributed by atoms with Crippen molar-refractivity contribution in [2.45, 2.75) is 13.5 Å². The SMILES string of the molecule is Cc1cccc(Cn2cnc(NC(=O)c3cn(-c4ccccc4)nc3-c3ccccc3)n2)c1. The van der Waals surface area contributed by atoms with Gasteiger partial charge in [0.25, 0.3) is 5.91 Å². The van der Waals surface area contributed by atoms with Gasteiger partial charge in [0, 0.05) is 11.8 Å². The van der Waals surface area contributed by atoms with Crippen molar-refractivity contribution < 1.29 is 4.79 Å². The molecule has 0 bridgehead atoms. The lowest BCUT2D eigenvalue weighted by molar-refractivity contribution is 0.102. The highest BCUT2D eigenvalue weighted by molar-refractivity contribution is 6.07. The number of benzene rings is 3. The van der Waals surface area contributed by atoms with Crippen molar-refractivity contribution in [3.8, 4) is 16.9 Å². The quantitative estimate of drug-likeness (QED) is 0.419. The van der Waals surface area contributed by atoms with Crippen molar-refractivity contribution in [3.63, 3.8) is 0 Å². The number of hydrogen-bond acceptors (Lipinski definition) is 4. The summed E-state index contributed by atoms with van der Waals surface area (Å²) in [5, 5.41) is 11.9. The second kappa shape index (κ2) is 8.92. The summed E-state index contributed by atoms with van der Waals surface area (Å²) in [5.41, 5.74) is 5.07. The van der Waals surface area contributed by atoms with Crippen LogP contribution in [-0.4, -0.2) is 30.5 Å². The van der Waals surface area contributed by atoms with Crippen LogP contribution in [0.2, 0.25) is 0 Å². The Morgan fingerprint density at radius 1 is 0.909 bits per heavy atom. The molecule has 0 spiro atoms. The molecule has 0 saturated carbocycles. The van der Waals surface area contributed by atoms with Crippen LogP contribution in [0.3, 0.4) is 0 Å². The van der Waals surface area contributed by atoms with Crippen LogP contribution in [-0.2, 0) is 6.54 Å². The highest BCUT2D eigenvalue weighted by Gasteiger charge is 2.20. The van der Waals surface area contributed by atoms with Crippen LogP contribution in [0, 0.1) is 6.92 Å². The number of rotatable bonds is 6. The lowest BCUT2D eigenvalue weighted by Gasteiger charge is -2.03. The van der Waals surface area contributed by atoms with Crippen LogP contribution in [0.4, 0.5) is 5.95 Å². The molecule has 5 rings (SSSR count). The van der Waals surface area contributed by atoms with Crippen molar-refractivity contribution in [2.75, 3.05) is 5.32 Å². The summed E-state index contributed by atoms with van der Waals surface area (Å²) in [6.45, 7) is 2.63. The van der Waals surface area contributed by atoms with Gasteiger partial charge in [-0.1, -0.05) is 78.4 Å². The van der Waals surface area contributed by atoms with E-state index in [-0.39, 0.29) is 11.9 Å². The number of nitrogens with one attached hydrogen (secondary N) is 1. The van der Waals surface area contributed by atoms with Gasteiger partial charge in [-0.3, -0.25) is 10.1 Å². The molecular weight excluding hydrogens is 412 g/mol. The van der Waals surface area contributed by atoms with Gasteiger partial charge in [0.1, 0.15) is 12.0 Å². The molecule has 0 aliphatic carbocycles. The van der Waals surface area contributed by atoms with Crippen LogP contribution < -0.4 is 5.32 Å². The van der Waals surface area contributed by atoms with Crippen LogP contribution in [0.5, 0.6) is 0 Å². The predicted molar refractivity (Wildman–Crippen MR) is 127 cm³/mol. The van der Waals surface area contributed by atoms with Crippen molar-refractivity contribution in [3.05, 3.63) is 114 Å². The van der Waals surface area contributed by atoms with Gasteiger partial charge in [0.15, 0.2) is 0 Å². The van der Waals surface area contributed by atoms with Gasteiger partial charge in [-0.2, -0.15) is 5.10 Å². The summed E-state index contributed by atoms with van der Waals surface area (Å²) < 4.78 is 3.41. The number of aryl methyl sites for hydroxylation is 1. The lowest BCUT2D eigenvalue weighted by atomic mass is 10.1. The molecule has 1 N–H and O–H groups in total. The third-order valence-electron chi connectivity index (χ3n) is 5.22. The minimum atomic E-state index is -0.315. The first-order chi connectivity index (χ1) is 16.2. The first kappa shape index (κ1) is 20.4. The second-order valence-corrected chi connectivity index (χ2v) is 7.75. The molecular formula is C26H22N6O. The van der Waals surface area contributed by atoms with Crippen LogP contribution >= 0.6 is 0 Å². The maximum Gasteiger partial charge on any atom is 0.261 e. The Labute approximate surface area is 191 Å². The van der Waals surface area contributed by atoms with E-state index in [1.165, 1.54) is 5.56 Å². The monoisotopic (exact) mass is 434 g/mol. The minimum Gasteiger partial charge on any atom is -0.289 e. The first-order valence-electron chi connectivity index (χ1n) is 10.6. The second-order valence-electron chi connectivity index (χ2n) is 7.75. The Morgan fingerprint density at radius 2 is 1.67 bits per heavy atom. The number of amides is 1. The molecule has 1 amide bonds. The molecule has 33 heavy (non-hydrogen) atoms. The third kappa shape index (κ3) is 4.57. The van der Waals surface area contributed by atoms with E-state index in [1.54, 1.807) is 21.9 Å². The molecule has 7 nitrogen and oxygen atoms in total. The fourth-order valence-electron chi connectivity index (χ4n) is 3.66. The zero-order valence-electron chi connectivity index (χ0n) is 18.1. The van der Waals surface area contributed by atoms with E-state index >= 15 is 0 Å². The normalized spacial score (nSPS) is 10.8. The van der Waals surface area contributed by atoms with Gasteiger partial charge < -0.3 is 0 Å². The molecule has 0 aliphatic rings. The molecule has 0 aliphatic heterocycles. The predicted octanol–water partition coefficient (Wildman–Crippen LogP) is 4.74. The van der Waals surface area contributed by atoms with Gasteiger partial charge >= 0.3 is 0 Å². The van der Waals surface area contributed by atoms with E-state index < -0.39 is 0 Å². The zero-order chi connectivity index (χ0) is 22.6. The van der Waals surface area contributed by atoms with Gasteiger partial charge in [-0.15, -0.1) is 5.10 Å². The number of aromatic nitrogens is 5. The largest absolute Gasteiger partial charge is 0.289 e. The van der Waals surface area contributed by atoms with Crippen molar-refractivity contribution >= 4 is 11.9 Å². The Balaban J connectivity index is 1.41. The van der Waals surface area contributed by atoms with E-state index in [0.717, 1.165) is 16.8 Å². The number of anilines is 1. The van der Waals surface area contributed by atoms with E-state index in [4.69, 9.17) is 5.10 Å². The summed E-state index contributed by atoms with van der Waals surface area (Å²) in [6.07, 6.45) is 3.35. The maximum atomic E-state index is 13.2. The number of carbonyl (C=O) groups is 1. The summed E-state index contributed by atoms with van der Waals surface area (Å²) in [4.78, 5) is 17.5. The molecule has 2 aromatic heterocycles. The standard InChI is InChI=1S/C26H22N6O/c1-19-9-8-10-20(15-19)16-31-18-27-26(30-31)28-25(33)23-17-32(22-13-6-3-7-14-22)29-24(23)21-11-4-2-5-12-21/h2-15,17-18H,16H2,1H3,(H,28,30,33). The molecule has 5 aromatic rings. The summed E-state index contributed by atoms with van der Waals surface area (Å²) in [7, 11) is 0. The molecule has 2 heterocycles. The highest BCUT2D eigenvalue weighted by atomic mass is 16.1. The zero-order valence-corrected chi connectivity index (χ0v) is 18.1. The Bertz CT molecular complexity index is 1390. The number of nitrogens with zero attached hydrogens (tertiary/aromatic N) is 5. The summed E-state index contributed by atoms with van der Waals surface area (Å²) in [6, 6.07) is 27.5. The topological polar surface area (TPSA) is 77.6 Å². The number of para-hydroxylation sites is 1. The van der Waals surface area contributed by atoms with E-state index in [1.807, 2.05) is 72.8 Å². The fraction of sp³-hybridized carbons (Fsp3) is 0.0769. The fourth-order valence-corrected chi connectivity index (χ4v) is 3.66. The smallest absolute Gasteiger partial charge is 0.261 e. The molecule has 3 aromatic carbocycles. The van der Waals surface area contributed by atoms with Gasteiger partial charge in [-0.05, 0) is 24.6 Å². The van der Waals surface area contributed by atoms with E-state index in [0.29, 0.717) is 17.8 Å². The molecule has 7 heteroatoms. The molecule has 162 valence electrons. The molecule has 0 atom stereocenters. The van der Waals surface area contributed by atoms with Crippen LogP contribution in [0.1, 0.15) is 21.5 Å². The van der Waals surface area contributed by atoms with Gasteiger partial charge in [0.2, 0.25) is 5.95 Å². The first-order valence-corrected chi connectivity index (χ1v) is 10.6. The Kier molecular flexibility index (Phi) is 5.51. The van der Waals surface area contributed by atoms with Gasteiger partial charge in [0.05, 0.1) is 17.8 Å². The Hall–Kier alpha value is -4.52. The minimum absolute atomic E-state index is 0.249. The Morgan fingerprint density at radius 3 is 2.42 bits per heavy atom. The van der Waals surface area contributed by atoms with E-state index in [2.05, 4.69) is 34.5 Å². The molecule has 0 saturated heterocycles. The summed E-state index contributed by atoms with van der Waals surface area (Å²) >= 11 is 0. The third-order valence-corrected chi connectivity index (χ3v) is 5.22. The van der Waals surface area contributed by atoms with E-state index in [9.17, 15) is 4.79 Å². The molecule has 0 radical (unpaired) electrons. The number of hydrogen-bond donors (Lipinski definition) is 1. The van der Waals surface area contributed by atoms with Crippen LogP contribution in [0.15, 0.2) is 97.5 Å². The van der Waals surface area contributed by atoms with Crippen molar-refractivity contribution in [2.24, 2.45) is 0 Å².